The number of amides is 2. The Bertz CT molecular complexity index is 715. The first kappa shape index (κ1) is 17.3. The van der Waals surface area contributed by atoms with Gasteiger partial charge in [0.25, 0.3) is 0 Å². The highest BCUT2D eigenvalue weighted by atomic mass is 16.5. The molecule has 0 bridgehead atoms. The van der Waals surface area contributed by atoms with E-state index in [4.69, 9.17) is 4.74 Å². The quantitative estimate of drug-likeness (QED) is 0.900. The third-order valence-corrected chi connectivity index (χ3v) is 4.27. The molecule has 1 N–H and O–H groups in total. The summed E-state index contributed by atoms with van der Waals surface area (Å²) >= 11 is 0. The maximum atomic E-state index is 12.6. The van der Waals surface area contributed by atoms with E-state index in [1.54, 1.807) is 4.68 Å². The van der Waals surface area contributed by atoms with E-state index in [9.17, 15) is 4.79 Å². The summed E-state index contributed by atoms with van der Waals surface area (Å²) in [6.07, 6.45) is 2.10. The number of rotatable bonds is 5. The molecule has 1 unspecified atom stereocenters. The van der Waals surface area contributed by atoms with Crippen LogP contribution in [0.3, 0.4) is 0 Å². The molecule has 0 spiro atoms. The van der Waals surface area contributed by atoms with Crippen LogP contribution < -0.4 is 5.32 Å². The van der Waals surface area contributed by atoms with Crippen molar-refractivity contribution in [2.75, 3.05) is 25.0 Å². The number of anilines is 1. The van der Waals surface area contributed by atoms with Gasteiger partial charge in [0.05, 0.1) is 6.10 Å². The number of nitrogens with zero attached hydrogens (tertiary/aromatic N) is 5. The first-order valence-corrected chi connectivity index (χ1v) is 8.75. The molecule has 0 radical (unpaired) electrons. The number of tetrazole rings is 1. The van der Waals surface area contributed by atoms with Crippen LogP contribution in [0, 0.1) is 0 Å². The molecule has 1 aromatic heterocycles. The van der Waals surface area contributed by atoms with Crippen LogP contribution in [0.1, 0.15) is 26.7 Å². The summed E-state index contributed by atoms with van der Waals surface area (Å²) in [5.41, 5.74) is 1.60. The minimum atomic E-state index is -0.100. The fraction of sp³-hybridized carbons (Fsp3) is 0.529. The fourth-order valence-electron chi connectivity index (χ4n) is 3.06. The van der Waals surface area contributed by atoms with Crippen LogP contribution in [0.4, 0.5) is 10.5 Å². The van der Waals surface area contributed by atoms with Gasteiger partial charge in [-0.1, -0.05) is 12.1 Å². The molecule has 1 aliphatic rings. The minimum Gasteiger partial charge on any atom is -0.377 e. The summed E-state index contributed by atoms with van der Waals surface area (Å²) < 4.78 is 7.38. The SMILES string of the molecule is CCOC1CCCN(C(=O)Nc2cccc(-c3nnnn3CC)c2)C1. The molecule has 1 aliphatic heterocycles. The van der Waals surface area contributed by atoms with E-state index >= 15 is 0 Å². The molecule has 2 amide bonds. The van der Waals surface area contributed by atoms with Crippen molar-refractivity contribution < 1.29 is 9.53 Å². The van der Waals surface area contributed by atoms with Crippen molar-refractivity contribution in [2.24, 2.45) is 0 Å². The third-order valence-electron chi connectivity index (χ3n) is 4.27. The average molecular weight is 344 g/mol. The van der Waals surface area contributed by atoms with Gasteiger partial charge in [-0.15, -0.1) is 5.10 Å². The number of piperidine rings is 1. The zero-order valence-electron chi connectivity index (χ0n) is 14.7. The van der Waals surface area contributed by atoms with Gasteiger partial charge in [0.2, 0.25) is 0 Å². The number of hydrogen-bond acceptors (Lipinski definition) is 5. The Hall–Kier alpha value is -2.48. The Morgan fingerprint density at radius 1 is 1.40 bits per heavy atom. The van der Waals surface area contributed by atoms with Gasteiger partial charge in [0, 0.05) is 37.5 Å². The molecule has 8 nitrogen and oxygen atoms in total. The van der Waals surface area contributed by atoms with Gasteiger partial charge in [0.15, 0.2) is 5.82 Å². The van der Waals surface area contributed by atoms with Gasteiger partial charge < -0.3 is 15.0 Å². The number of hydrogen-bond donors (Lipinski definition) is 1. The zero-order valence-corrected chi connectivity index (χ0v) is 14.7. The van der Waals surface area contributed by atoms with Crippen molar-refractivity contribution in [3.8, 4) is 11.4 Å². The van der Waals surface area contributed by atoms with Crippen LogP contribution >= 0.6 is 0 Å². The molecular formula is C17H24N6O2. The first-order valence-electron chi connectivity index (χ1n) is 8.75. The lowest BCUT2D eigenvalue weighted by atomic mass is 10.1. The first-order chi connectivity index (χ1) is 12.2. The van der Waals surface area contributed by atoms with Crippen molar-refractivity contribution in [2.45, 2.75) is 39.3 Å². The number of aromatic nitrogens is 4. The van der Waals surface area contributed by atoms with E-state index in [-0.39, 0.29) is 12.1 Å². The van der Waals surface area contributed by atoms with E-state index in [0.717, 1.165) is 30.6 Å². The van der Waals surface area contributed by atoms with Crippen LogP contribution in [0.15, 0.2) is 24.3 Å². The molecule has 8 heteroatoms. The average Bonchev–Trinajstić information content (AvgIpc) is 3.11. The summed E-state index contributed by atoms with van der Waals surface area (Å²) in [5, 5.41) is 14.7. The van der Waals surface area contributed by atoms with Crippen molar-refractivity contribution in [1.29, 1.82) is 0 Å². The van der Waals surface area contributed by atoms with E-state index in [1.807, 2.05) is 43.0 Å². The Kier molecular flexibility index (Phi) is 5.60. The smallest absolute Gasteiger partial charge is 0.321 e. The maximum Gasteiger partial charge on any atom is 0.321 e. The number of ether oxygens (including phenoxy) is 1. The Morgan fingerprint density at radius 3 is 3.08 bits per heavy atom. The second-order valence-electron chi connectivity index (χ2n) is 5.99. The van der Waals surface area contributed by atoms with Gasteiger partial charge >= 0.3 is 6.03 Å². The van der Waals surface area contributed by atoms with Crippen LogP contribution in [-0.4, -0.2) is 56.9 Å². The van der Waals surface area contributed by atoms with Crippen molar-refractivity contribution in [3.05, 3.63) is 24.3 Å². The van der Waals surface area contributed by atoms with Crippen molar-refractivity contribution >= 4 is 11.7 Å². The predicted molar refractivity (Wildman–Crippen MR) is 94.2 cm³/mol. The van der Waals surface area contributed by atoms with E-state index in [1.165, 1.54) is 0 Å². The Balaban J connectivity index is 1.68. The van der Waals surface area contributed by atoms with E-state index in [2.05, 4.69) is 20.8 Å². The van der Waals surface area contributed by atoms with Gasteiger partial charge in [0.1, 0.15) is 0 Å². The number of likely N-dealkylation sites (tertiary alicyclic amines) is 1. The number of benzene rings is 1. The maximum absolute atomic E-state index is 12.6. The second-order valence-corrected chi connectivity index (χ2v) is 5.99. The predicted octanol–water partition coefficient (Wildman–Crippen LogP) is 2.39. The number of carbonyl (C=O) groups excluding carboxylic acids is 1. The lowest BCUT2D eigenvalue weighted by molar-refractivity contribution is 0.0181. The molecule has 134 valence electrons. The van der Waals surface area contributed by atoms with Gasteiger partial charge in [-0.2, -0.15) is 0 Å². The number of urea groups is 1. The molecule has 1 fully saturated rings. The molecule has 0 saturated carbocycles. The summed E-state index contributed by atoms with van der Waals surface area (Å²) in [6, 6.07) is 7.47. The summed E-state index contributed by atoms with van der Waals surface area (Å²) in [5.74, 6) is 0.688. The molecule has 3 rings (SSSR count). The molecule has 1 saturated heterocycles. The summed E-state index contributed by atoms with van der Waals surface area (Å²) in [6.45, 7) is 6.71. The number of aryl methyl sites for hydroxylation is 1. The van der Waals surface area contributed by atoms with Gasteiger partial charge in [-0.3, -0.25) is 0 Å². The normalized spacial score (nSPS) is 17.5. The largest absolute Gasteiger partial charge is 0.377 e. The van der Waals surface area contributed by atoms with Crippen molar-refractivity contribution in [1.82, 2.24) is 25.1 Å². The zero-order chi connectivity index (χ0) is 17.6. The Morgan fingerprint density at radius 2 is 2.28 bits per heavy atom. The number of carbonyl (C=O) groups is 1. The van der Waals surface area contributed by atoms with Gasteiger partial charge in [-0.25, -0.2) is 9.48 Å². The molecule has 2 heterocycles. The molecule has 25 heavy (non-hydrogen) atoms. The molecule has 1 atom stereocenters. The fourth-order valence-corrected chi connectivity index (χ4v) is 3.06. The lowest BCUT2D eigenvalue weighted by Crippen LogP contribution is -2.45. The van der Waals surface area contributed by atoms with Crippen LogP contribution in [0.5, 0.6) is 0 Å². The standard InChI is InChI=1S/C17H24N6O2/c1-3-23-16(19-20-21-23)13-7-5-8-14(11-13)18-17(24)22-10-6-9-15(12-22)25-4-2/h5,7-8,11,15H,3-4,6,9-10,12H2,1-2H3,(H,18,24). The highest BCUT2D eigenvalue weighted by molar-refractivity contribution is 5.90. The highest BCUT2D eigenvalue weighted by Crippen LogP contribution is 2.21. The molecule has 0 aliphatic carbocycles. The summed E-state index contributed by atoms with van der Waals surface area (Å²) in [4.78, 5) is 14.4. The monoisotopic (exact) mass is 344 g/mol. The lowest BCUT2D eigenvalue weighted by Gasteiger charge is -2.32. The number of nitrogens with one attached hydrogen (secondary N) is 1. The molecule has 1 aromatic carbocycles. The van der Waals surface area contributed by atoms with E-state index in [0.29, 0.717) is 25.5 Å². The van der Waals surface area contributed by atoms with Crippen LogP contribution in [0.2, 0.25) is 0 Å². The van der Waals surface area contributed by atoms with Crippen LogP contribution in [0.25, 0.3) is 11.4 Å². The Labute approximate surface area is 147 Å². The minimum absolute atomic E-state index is 0.100. The second kappa shape index (κ2) is 8.06. The molecular weight excluding hydrogens is 320 g/mol. The topological polar surface area (TPSA) is 85.2 Å². The van der Waals surface area contributed by atoms with Crippen LogP contribution in [-0.2, 0) is 11.3 Å². The third kappa shape index (κ3) is 4.14. The summed E-state index contributed by atoms with van der Waals surface area (Å²) in [7, 11) is 0. The van der Waals surface area contributed by atoms with Gasteiger partial charge in [-0.05, 0) is 49.2 Å². The van der Waals surface area contributed by atoms with Crippen molar-refractivity contribution in [3.63, 3.8) is 0 Å². The molecule has 2 aromatic rings. The highest BCUT2D eigenvalue weighted by Gasteiger charge is 2.24. The van der Waals surface area contributed by atoms with E-state index < -0.39 is 0 Å².